The van der Waals surface area contributed by atoms with Crippen molar-refractivity contribution in [3.8, 4) is 0 Å². The Balaban J connectivity index is 2.24. The zero-order chi connectivity index (χ0) is 14.8. The Morgan fingerprint density at radius 2 is 2.15 bits per heavy atom. The average molecular weight is 293 g/mol. The van der Waals surface area contributed by atoms with Crippen LogP contribution in [0.4, 0.5) is 0 Å². The van der Waals surface area contributed by atoms with E-state index in [0.717, 1.165) is 0 Å². The SMILES string of the molecule is CC(C)(C)C(=O)NC[C@@](O)(c1ccsc1)c1ccco1. The molecule has 0 bridgehead atoms. The molecule has 0 fully saturated rings. The van der Waals surface area contributed by atoms with Gasteiger partial charge in [0.15, 0.2) is 5.60 Å². The van der Waals surface area contributed by atoms with Crippen molar-refractivity contribution in [3.05, 3.63) is 46.5 Å². The molecule has 0 saturated carbocycles. The third-order valence-electron chi connectivity index (χ3n) is 3.11. The van der Waals surface area contributed by atoms with Crippen molar-refractivity contribution in [1.82, 2.24) is 5.32 Å². The van der Waals surface area contributed by atoms with E-state index in [0.29, 0.717) is 11.3 Å². The van der Waals surface area contributed by atoms with Gasteiger partial charge in [-0.15, -0.1) is 0 Å². The Morgan fingerprint density at radius 1 is 1.40 bits per heavy atom. The molecule has 0 aliphatic heterocycles. The van der Waals surface area contributed by atoms with Crippen molar-refractivity contribution >= 4 is 17.2 Å². The quantitative estimate of drug-likeness (QED) is 0.911. The van der Waals surface area contributed by atoms with E-state index in [4.69, 9.17) is 4.42 Å². The minimum absolute atomic E-state index is 0.0767. The summed E-state index contributed by atoms with van der Waals surface area (Å²) in [6, 6.07) is 5.26. The van der Waals surface area contributed by atoms with Crippen LogP contribution >= 0.6 is 11.3 Å². The van der Waals surface area contributed by atoms with Crippen molar-refractivity contribution < 1.29 is 14.3 Å². The molecule has 5 heteroatoms. The highest BCUT2D eigenvalue weighted by atomic mass is 32.1. The molecule has 20 heavy (non-hydrogen) atoms. The summed E-state index contributed by atoms with van der Waals surface area (Å²) in [5.41, 5.74) is -1.13. The summed E-state index contributed by atoms with van der Waals surface area (Å²) in [5.74, 6) is 0.308. The first kappa shape index (κ1) is 14.8. The predicted molar refractivity (Wildman–Crippen MR) is 78.5 cm³/mol. The van der Waals surface area contributed by atoms with Crippen molar-refractivity contribution in [2.24, 2.45) is 5.41 Å². The van der Waals surface area contributed by atoms with E-state index >= 15 is 0 Å². The summed E-state index contributed by atoms with van der Waals surface area (Å²) in [6.07, 6.45) is 1.51. The second-order valence-electron chi connectivity index (χ2n) is 5.78. The third kappa shape index (κ3) is 2.94. The van der Waals surface area contributed by atoms with Gasteiger partial charge in [-0.1, -0.05) is 20.8 Å². The van der Waals surface area contributed by atoms with E-state index < -0.39 is 11.0 Å². The van der Waals surface area contributed by atoms with Crippen LogP contribution < -0.4 is 5.32 Å². The minimum Gasteiger partial charge on any atom is -0.466 e. The molecule has 108 valence electrons. The van der Waals surface area contributed by atoms with Crippen molar-refractivity contribution in [1.29, 1.82) is 0 Å². The number of hydrogen-bond acceptors (Lipinski definition) is 4. The molecule has 2 N–H and O–H groups in total. The molecule has 4 nitrogen and oxygen atoms in total. The Hall–Kier alpha value is -1.59. The highest BCUT2D eigenvalue weighted by Gasteiger charge is 2.36. The Bertz CT molecular complexity index is 518. The number of amides is 1. The minimum atomic E-state index is -1.34. The number of thiophene rings is 1. The van der Waals surface area contributed by atoms with E-state index in [1.165, 1.54) is 17.6 Å². The van der Waals surface area contributed by atoms with Crippen LogP contribution in [0.3, 0.4) is 0 Å². The summed E-state index contributed by atoms with van der Waals surface area (Å²) in [5, 5.41) is 17.5. The maximum atomic E-state index is 12.0. The van der Waals surface area contributed by atoms with Crippen LogP contribution in [-0.2, 0) is 10.4 Å². The molecule has 1 amide bonds. The monoisotopic (exact) mass is 293 g/mol. The molecule has 1 atom stereocenters. The van der Waals surface area contributed by atoms with Gasteiger partial charge >= 0.3 is 0 Å². The van der Waals surface area contributed by atoms with E-state index in [-0.39, 0.29) is 12.5 Å². The lowest BCUT2D eigenvalue weighted by Gasteiger charge is -2.27. The van der Waals surface area contributed by atoms with Gasteiger partial charge in [-0.2, -0.15) is 11.3 Å². The maximum absolute atomic E-state index is 12.0. The van der Waals surface area contributed by atoms with Gasteiger partial charge < -0.3 is 14.8 Å². The molecule has 0 unspecified atom stereocenters. The summed E-state index contributed by atoms with van der Waals surface area (Å²) >= 11 is 1.49. The van der Waals surface area contributed by atoms with Gasteiger partial charge in [0.25, 0.3) is 0 Å². The fourth-order valence-electron chi connectivity index (χ4n) is 1.82. The van der Waals surface area contributed by atoms with Crippen LogP contribution in [0.15, 0.2) is 39.6 Å². The van der Waals surface area contributed by atoms with Crippen LogP contribution in [0.2, 0.25) is 0 Å². The smallest absolute Gasteiger partial charge is 0.225 e. The van der Waals surface area contributed by atoms with Crippen LogP contribution in [0.1, 0.15) is 32.1 Å². The first-order valence-electron chi connectivity index (χ1n) is 6.41. The van der Waals surface area contributed by atoms with E-state index in [2.05, 4.69) is 5.32 Å². The van der Waals surface area contributed by atoms with Crippen LogP contribution in [0, 0.1) is 5.41 Å². The Morgan fingerprint density at radius 3 is 2.65 bits per heavy atom. The average Bonchev–Trinajstić information content (AvgIpc) is 3.05. The van der Waals surface area contributed by atoms with E-state index in [1.54, 1.807) is 12.1 Å². The van der Waals surface area contributed by atoms with Crippen LogP contribution in [0.5, 0.6) is 0 Å². The molecule has 2 aromatic rings. The first-order valence-corrected chi connectivity index (χ1v) is 7.35. The second kappa shape index (κ2) is 5.42. The molecule has 2 aromatic heterocycles. The fraction of sp³-hybridized carbons (Fsp3) is 0.400. The first-order chi connectivity index (χ1) is 9.34. The standard InChI is InChI=1S/C15H19NO3S/c1-14(2,3)13(17)16-10-15(18,11-6-8-20-9-11)12-5-4-7-19-12/h4-9,18H,10H2,1-3H3,(H,16,17)/t15-/m1/s1. The maximum Gasteiger partial charge on any atom is 0.225 e. The second-order valence-corrected chi connectivity index (χ2v) is 6.56. The van der Waals surface area contributed by atoms with Gasteiger partial charge in [-0.25, -0.2) is 0 Å². The number of carbonyl (C=O) groups is 1. The molecule has 0 aromatic carbocycles. The Labute approximate surface area is 122 Å². The van der Waals surface area contributed by atoms with Gasteiger partial charge in [-0.05, 0) is 29.0 Å². The van der Waals surface area contributed by atoms with Gasteiger partial charge in [0.1, 0.15) is 5.76 Å². The topological polar surface area (TPSA) is 62.5 Å². The molecule has 0 radical (unpaired) electrons. The fourth-order valence-corrected chi connectivity index (χ4v) is 2.54. The Kier molecular flexibility index (Phi) is 4.01. The lowest BCUT2D eigenvalue weighted by Crippen LogP contribution is -2.44. The number of carbonyl (C=O) groups excluding carboxylic acids is 1. The third-order valence-corrected chi connectivity index (χ3v) is 3.80. The number of aliphatic hydroxyl groups is 1. The molecule has 2 rings (SSSR count). The molecular weight excluding hydrogens is 274 g/mol. The van der Waals surface area contributed by atoms with Crippen molar-refractivity contribution in [2.75, 3.05) is 6.54 Å². The normalized spacial score (nSPS) is 14.8. The predicted octanol–water partition coefficient (Wildman–Crippen LogP) is 2.74. The molecule has 0 aliphatic rings. The van der Waals surface area contributed by atoms with Gasteiger partial charge in [0, 0.05) is 11.0 Å². The molecule has 0 saturated heterocycles. The van der Waals surface area contributed by atoms with Gasteiger partial charge in [0.05, 0.1) is 12.8 Å². The van der Waals surface area contributed by atoms with Gasteiger partial charge in [-0.3, -0.25) is 4.79 Å². The number of hydrogen-bond donors (Lipinski definition) is 2. The summed E-state index contributed by atoms with van der Waals surface area (Å²) in [6.45, 7) is 5.57. The highest BCUT2D eigenvalue weighted by molar-refractivity contribution is 7.08. The summed E-state index contributed by atoms with van der Waals surface area (Å²) in [4.78, 5) is 12.0. The molecule has 0 spiro atoms. The highest BCUT2D eigenvalue weighted by Crippen LogP contribution is 2.31. The van der Waals surface area contributed by atoms with Crippen molar-refractivity contribution in [2.45, 2.75) is 26.4 Å². The van der Waals surface area contributed by atoms with E-state index in [9.17, 15) is 9.90 Å². The summed E-state index contributed by atoms with van der Waals surface area (Å²) in [7, 11) is 0. The number of nitrogens with one attached hydrogen (secondary N) is 1. The molecule has 0 aliphatic carbocycles. The van der Waals surface area contributed by atoms with Crippen molar-refractivity contribution in [3.63, 3.8) is 0 Å². The lowest BCUT2D eigenvalue weighted by molar-refractivity contribution is -0.129. The lowest BCUT2D eigenvalue weighted by atomic mass is 9.91. The van der Waals surface area contributed by atoms with Gasteiger partial charge in [0.2, 0.25) is 5.91 Å². The van der Waals surface area contributed by atoms with Crippen LogP contribution in [0.25, 0.3) is 0 Å². The molecule has 2 heterocycles. The summed E-state index contributed by atoms with van der Waals surface area (Å²) < 4.78 is 5.34. The largest absolute Gasteiger partial charge is 0.466 e. The van der Waals surface area contributed by atoms with E-state index in [1.807, 2.05) is 37.6 Å². The number of furan rings is 1. The zero-order valence-corrected chi connectivity index (χ0v) is 12.7. The molecular formula is C15H19NO3S. The van der Waals surface area contributed by atoms with Crippen LogP contribution in [-0.4, -0.2) is 17.6 Å². The number of rotatable bonds is 4. The zero-order valence-electron chi connectivity index (χ0n) is 11.8.